The first-order valence-corrected chi connectivity index (χ1v) is 4.45. The van der Waals surface area contributed by atoms with Crippen LogP contribution in [-0.2, 0) is 4.79 Å². The summed E-state index contributed by atoms with van der Waals surface area (Å²) in [6.45, 7) is 0. The van der Waals surface area contributed by atoms with Crippen LogP contribution in [-0.4, -0.2) is 11.0 Å². The van der Waals surface area contributed by atoms with Crippen LogP contribution in [0.1, 0.15) is 5.56 Å². The lowest BCUT2D eigenvalue weighted by Gasteiger charge is -2.01. The van der Waals surface area contributed by atoms with Gasteiger partial charge in [0, 0.05) is 16.1 Å². The molecule has 0 unspecified atom stereocenters. The summed E-state index contributed by atoms with van der Waals surface area (Å²) in [5.41, 5.74) is 5.04. The van der Waals surface area contributed by atoms with Crippen molar-refractivity contribution >= 4 is 27.9 Å². The van der Waals surface area contributed by atoms with Gasteiger partial charge in [-0.3, -0.25) is 4.79 Å². The summed E-state index contributed by atoms with van der Waals surface area (Å²) in [6.07, 6.45) is 2.28. The van der Waals surface area contributed by atoms with E-state index in [4.69, 9.17) is 5.73 Å². The third-order valence-corrected chi connectivity index (χ3v) is 1.94. The summed E-state index contributed by atoms with van der Waals surface area (Å²) < 4.78 is 13.4. The van der Waals surface area contributed by atoms with Gasteiger partial charge in [0.25, 0.3) is 0 Å². The molecule has 0 fully saturated rings. The summed E-state index contributed by atoms with van der Waals surface area (Å²) in [5, 5.41) is 9.24. The molecule has 1 aromatic rings. The maximum Gasteiger partial charge on any atom is 0.241 e. The number of benzene rings is 1. The lowest BCUT2D eigenvalue weighted by atomic mass is 10.2. The number of rotatable bonds is 2. The molecule has 0 aliphatic heterocycles. The Balaban J connectivity index is 3.14. The molecule has 0 atom stereocenters. The van der Waals surface area contributed by atoms with Crippen molar-refractivity contribution < 1.29 is 14.3 Å². The van der Waals surface area contributed by atoms with E-state index in [-0.39, 0.29) is 5.56 Å². The number of phenols is 1. The lowest BCUT2D eigenvalue weighted by molar-refractivity contribution is -0.113. The number of primary amides is 1. The minimum absolute atomic E-state index is 0.190. The zero-order valence-electron chi connectivity index (χ0n) is 7.00. The van der Waals surface area contributed by atoms with Crippen LogP contribution in [0.5, 0.6) is 5.75 Å². The van der Waals surface area contributed by atoms with E-state index in [9.17, 15) is 14.3 Å². The Morgan fingerprint density at radius 1 is 1.57 bits per heavy atom. The number of nitrogens with two attached hydrogens (primary N) is 1. The highest BCUT2D eigenvalue weighted by molar-refractivity contribution is 9.10. The third kappa shape index (κ3) is 2.56. The van der Waals surface area contributed by atoms with E-state index < -0.39 is 17.5 Å². The topological polar surface area (TPSA) is 63.3 Å². The van der Waals surface area contributed by atoms with E-state index in [2.05, 4.69) is 15.9 Å². The molecule has 3 N–H and O–H groups in total. The van der Waals surface area contributed by atoms with Crippen molar-refractivity contribution in [3.8, 4) is 5.75 Å². The molecule has 0 saturated heterocycles. The molecule has 74 valence electrons. The van der Waals surface area contributed by atoms with Gasteiger partial charge in [-0.15, -0.1) is 0 Å². The molecule has 5 heteroatoms. The molecule has 14 heavy (non-hydrogen) atoms. The fraction of sp³-hybridized carbons (Fsp3) is 0. The summed E-state index contributed by atoms with van der Waals surface area (Å²) in [6, 6.07) is 2.59. The lowest BCUT2D eigenvalue weighted by Crippen LogP contribution is -2.05. The summed E-state index contributed by atoms with van der Waals surface area (Å²) >= 11 is 3.05. The third-order valence-electron chi connectivity index (χ3n) is 1.48. The molecule has 1 aromatic carbocycles. The molecule has 0 bridgehead atoms. The van der Waals surface area contributed by atoms with E-state index in [0.717, 1.165) is 12.1 Å². The highest BCUT2D eigenvalue weighted by Gasteiger charge is 2.06. The first-order chi connectivity index (χ1) is 6.50. The van der Waals surface area contributed by atoms with Gasteiger partial charge < -0.3 is 10.8 Å². The molecular weight excluding hydrogens is 253 g/mol. The summed E-state index contributed by atoms with van der Waals surface area (Å²) in [5.74, 6) is -1.93. The summed E-state index contributed by atoms with van der Waals surface area (Å²) in [7, 11) is 0. The standard InChI is InChI=1S/C9H7BrFNO2/c10-6-3-5(1-2-8(12)13)9(14)7(11)4-6/h1-4,14H,(H2,12,13)/b2-1+. The van der Waals surface area contributed by atoms with Crippen LogP contribution in [0.3, 0.4) is 0 Å². The van der Waals surface area contributed by atoms with Crippen LogP contribution in [0.15, 0.2) is 22.7 Å². The van der Waals surface area contributed by atoms with Gasteiger partial charge in [-0.1, -0.05) is 15.9 Å². The zero-order chi connectivity index (χ0) is 10.7. The van der Waals surface area contributed by atoms with E-state index in [1.54, 1.807) is 0 Å². The number of carbonyl (C=O) groups is 1. The smallest absolute Gasteiger partial charge is 0.241 e. The highest BCUT2D eigenvalue weighted by Crippen LogP contribution is 2.26. The minimum atomic E-state index is -0.761. The van der Waals surface area contributed by atoms with Gasteiger partial charge in [0.2, 0.25) is 5.91 Å². The normalized spacial score (nSPS) is 10.7. The van der Waals surface area contributed by atoms with Crippen molar-refractivity contribution in [3.05, 3.63) is 34.1 Å². The molecule has 0 aliphatic rings. The Labute approximate surface area is 88.2 Å². The number of phenolic OH excluding ortho intramolecular Hbond substituents is 1. The molecule has 0 heterocycles. The van der Waals surface area contributed by atoms with Crippen LogP contribution in [0.2, 0.25) is 0 Å². The Morgan fingerprint density at radius 3 is 2.79 bits per heavy atom. The van der Waals surface area contributed by atoms with E-state index in [0.29, 0.717) is 4.47 Å². The second-order valence-electron chi connectivity index (χ2n) is 2.56. The Morgan fingerprint density at radius 2 is 2.21 bits per heavy atom. The molecule has 1 amide bonds. The molecule has 3 nitrogen and oxygen atoms in total. The fourth-order valence-electron chi connectivity index (χ4n) is 0.885. The van der Waals surface area contributed by atoms with Gasteiger partial charge in [0.15, 0.2) is 11.6 Å². The molecule has 0 radical (unpaired) electrons. The van der Waals surface area contributed by atoms with Crippen LogP contribution in [0.4, 0.5) is 4.39 Å². The average molecular weight is 260 g/mol. The van der Waals surface area contributed by atoms with Crippen molar-refractivity contribution in [3.63, 3.8) is 0 Å². The van der Waals surface area contributed by atoms with E-state index in [1.165, 1.54) is 12.1 Å². The van der Waals surface area contributed by atoms with Gasteiger partial charge >= 0.3 is 0 Å². The van der Waals surface area contributed by atoms with Gasteiger partial charge in [-0.25, -0.2) is 4.39 Å². The van der Waals surface area contributed by atoms with Crippen LogP contribution < -0.4 is 5.73 Å². The van der Waals surface area contributed by atoms with Crippen LogP contribution in [0, 0.1) is 5.82 Å². The van der Waals surface area contributed by atoms with E-state index in [1.807, 2.05) is 0 Å². The predicted octanol–water partition coefficient (Wildman–Crippen LogP) is 1.79. The maximum absolute atomic E-state index is 12.9. The fourth-order valence-corrected chi connectivity index (χ4v) is 1.33. The predicted molar refractivity (Wildman–Crippen MR) is 54.0 cm³/mol. The highest BCUT2D eigenvalue weighted by atomic mass is 79.9. The van der Waals surface area contributed by atoms with Crippen LogP contribution >= 0.6 is 15.9 Å². The quantitative estimate of drug-likeness (QED) is 0.796. The monoisotopic (exact) mass is 259 g/mol. The van der Waals surface area contributed by atoms with Crippen molar-refractivity contribution in [1.29, 1.82) is 0 Å². The number of aromatic hydroxyl groups is 1. The first-order valence-electron chi connectivity index (χ1n) is 3.66. The largest absolute Gasteiger partial charge is 0.504 e. The van der Waals surface area contributed by atoms with Gasteiger partial charge in [0.05, 0.1) is 0 Å². The Kier molecular flexibility index (Phi) is 3.24. The minimum Gasteiger partial charge on any atom is -0.504 e. The number of halogens is 2. The van der Waals surface area contributed by atoms with Crippen molar-refractivity contribution in [2.24, 2.45) is 5.73 Å². The molecule has 0 aromatic heterocycles. The van der Waals surface area contributed by atoms with Crippen molar-refractivity contribution in [2.75, 3.05) is 0 Å². The number of amides is 1. The molecule has 0 spiro atoms. The molecular formula is C9H7BrFNO2. The number of hydrogen-bond acceptors (Lipinski definition) is 2. The molecule has 0 aliphatic carbocycles. The SMILES string of the molecule is NC(=O)/C=C/c1cc(Br)cc(F)c1O. The average Bonchev–Trinajstić information content (AvgIpc) is 2.08. The molecule has 1 rings (SSSR count). The number of hydrogen-bond donors (Lipinski definition) is 2. The van der Waals surface area contributed by atoms with Crippen molar-refractivity contribution in [1.82, 2.24) is 0 Å². The van der Waals surface area contributed by atoms with E-state index >= 15 is 0 Å². The van der Waals surface area contributed by atoms with Gasteiger partial charge in [0.1, 0.15) is 0 Å². The van der Waals surface area contributed by atoms with Gasteiger partial charge in [-0.05, 0) is 18.2 Å². The zero-order valence-corrected chi connectivity index (χ0v) is 8.58. The second-order valence-corrected chi connectivity index (χ2v) is 3.48. The second kappa shape index (κ2) is 4.23. The summed E-state index contributed by atoms with van der Waals surface area (Å²) in [4.78, 5) is 10.4. The van der Waals surface area contributed by atoms with Crippen molar-refractivity contribution in [2.45, 2.75) is 0 Å². The van der Waals surface area contributed by atoms with Gasteiger partial charge in [-0.2, -0.15) is 0 Å². The number of carbonyl (C=O) groups excluding carboxylic acids is 1. The Hall–Kier alpha value is -1.36. The maximum atomic E-state index is 12.9. The first kappa shape index (κ1) is 10.7. The molecule has 0 saturated carbocycles. The van der Waals surface area contributed by atoms with Crippen LogP contribution in [0.25, 0.3) is 6.08 Å². The Bertz CT molecular complexity index is 404.